The van der Waals surface area contributed by atoms with Gasteiger partial charge in [0, 0.05) is 25.0 Å². The summed E-state index contributed by atoms with van der Waals surface area (Å²) in [5, 5.41) is 4.00. The summed E-state index contributed by atoms with van der Waals surface area (Å²) in [5.41, 5.74) is 1.25. The van der Waals surface area contributed by atoms with Crippen LogP contribution in [0.25, 0.3) is 5.82 Å². The summed E-state index contributed by atoms with van der Waals surface area (Å²) in [6.07, 6.45) is 11.3. The summed E-state index contributed by atoms with van der Waals surface area (Å²) in [6.45, 7) is 2.78. The van der Waals surface area contributed by atoms with Crippen molar-refractivity contribution in [2.75, 3.05) is 18.0 Å². The molecule has 2 atom stereocenters. The van der Waals surface area contributed by atoms with Gasteiger partial charge in [0.15, 0.2) is 5.82 Å². The Balaban J connectivity index is 1.30. The highest BCUT2D eigenvalue weighted by molar-refractivity contribution is 5.92. The summed E-state index contributed by atoms with van der Waals surface area (Å²) in [4.78, 5) is 38.0. The number of carbonyl (C=O) groups excluding carboxylic acids is 1. The molecule has 0 unspecified atom stereocenters. The quantitative estimate of drug-likeness (QED) is 0.573. The summed E-state index contributed by atoms with van der Waals surface area (Å²) in [7, 11) is 0. The van der Waals surface area contributed by atoms with E-state index in [9.17, 15) is 4.79 Å². The van der Waals surface area contributed by atoms with Crippen molar-refractivity contribution in [2.24, 2.45) is 0 Å². The summed E-state index contributed by atoms with van der Waals surface area (Å²) >= 11 is 0. The molecule has 1 saturated carbocycles. The predicted octanol–water partition coefficient (Wildman–Crippen LogP) is 1.63. The number of aromatic nitrogens is 7. The van der Waals surface area contributed by atoms with Crippen LogP contribution in [0.5, 0.6) is 0 Å². The second kappa shape index (κ2) is 8.56. The van der Waals surface area contributed by atoms with E-state index >= 15 is 4.39 Å². The number of nitrogens with zero attached hydrogens (tertiary/aromatic N) is 9. The van der Waals surface area contributed by atoms with Gasteiger partial charge in [-0.2, -0.15) is 5.10 Å². The molecule has 3 aromatic rings. The molecule has 1 aliphatic heterocycles. The minimum Gasteiger partial charge on any atom is -0.338 e. The van der Waals surface area contributed by atoms with Crippen molar-refractivity contribution in [1.82, 2.24) is 39.6 Å². The molecule has 1 saturated heterocycles. The van der Waals surface area contributed by atoms with Gasteiger partial charge in [0.1, 0.15) is 24.5 Å². The zero-order valence-electron chi connectivity index (χ0n) is 17.7. The Morgan fingerprint density at radius 1 is 1.12 bits per heavy atom. The smallest absolute Gasteiger partial charge is 0.274 e. The molecule has 5 rings (SSSR count). The third kappa shape index (κ3) is 4.02. The molecule has 0 spiro atoms. The van der Waals surface area contributed by atoms with Gasteiger partial charge in [0.2, 0.25) is 5.95 Å². The standard InChI is InChI=1S/C21H24FN9O/c1-2-14-7-26-21(27-8-14)29-6-5-18(16(22)11-29)31(15-3-4-15)20(32)17-9-25-19(10-24-17)30-13-23-12-28-30/h7-10,12-13,15-16,18H,2-6,11H2,1H3/t16-,18+/m1/s1. The van der Waals surface area contributed by atoms with Crippen molar-refractivity contribution in [3.8, 4) is 5.82 Å². The molecule has 0 bridgehead atoms. The van der Waals surface area contributed by atoms with Crippen LogP contribution in [0, 0.1) is 0 Å². The van der Waals surface area contributed by atoms with Crippen LogP contribution in [-0.4, -0.2) is 76.9 Å². The Morgan fingerprint density at radius 3 is 2.53 bits per heavy atom. The van der Waals surface area contributed by atoms with Crippen LogP contribution in [0.1, 0.15) is 42.2 Å². The Hall–Kier alpha value is -3.50. The topological polar surface area (TPSA) is 106 Å². The molecule has 0 radical (unpaired) electrons. The molecular weight excluding hydrogens is 413 g/mol. The average molecular weight is 437 g/mol. The fourth-order valence-electron chi connectivity index (χ4n) is 4.03. The third-order valence-corrected chi connectivity index (χ3v) is 5.93. The van der Waals surface area contributed by atoms with E-state index in [0.29, 0.717) is 24.7 Å². The molecule has 166 valence electrons. The van der Waals surface area contributed by atoms with Crippen molar-refractivity contribution < 1.29 is 9.18 Å². The Labute approximate surface area is 184 Å². The molecule has 2 aliphatic rings. The lowest BCUT2D eigenvalue weighted by molar-refractivity contribution is 0.0480. The molecule has 32 heavy (non-hydrogen) atoms. The molecule has 10 nitrogen and oxygen atoms in total. The van der Waals surface area contributed by atoms with Crippen molar-refractivity contribution >= 4 is 11.9 Å². The average Bonchev–Trinajstić information content (AvgIpc) is 3.51. The zero-order chi connectivity index (χ0) is 22.1. The molecule has 0 aromatic carbocycles. The second-order valence-electron chi connectivity index (χ2n) is 8.11. The summed E-state index contributed by atoms with van der Waals surface area (Å²) in [6, 6.07) is -0.452. The first-order chi connectivity index (χ1) is 15.6. The number of alkyl halides is 1. The van der Waals surface area contributed by atoms with Gasteiger partial charge in [0.05, 0.1) is 25.0 Å². The van der Waals surface area contributed by atoms with Gasteiger partial charge in [-0.3, -0.25) is 4.79 Å². The maximum Gasteiger partial charge on any atom is 0.274 e. The van der Waals surface area contributed by atoms with E-state index in [1.54, 1.807) is 17.3 Å². The fourth-order valence-corrected chi connectivity index (χ4v) is 4.03. The lowest BCUT2D eigenvalue weighted by Gasteiger charge is -2.40. The van der Waals surface area contributed by atoms with Gasteiger partial charge in [-0.15, -0.1) is 0 Å². The van der Waals surface area contributed by atoms with Gasteiger partial charge < -0.3 is 9.80 Å². The van der Waals surface area contributed by atoms with Crippen LogP contribution >= 0.6 is 0 Å². The van der Waals surface area contributed by atoms with Crippen LogP contribution in [0.3, 0.4) is 0 Å². The number of anilines is 1. The van der Waals surface area contributed by atoms with E-state index < -0.39 is 12.2 Å². The normalized spacial score (nSPS) is 20.9. The lowest BCUT2D eigenvalue weighted by Crippen LogP contribution is -2.55. The zero-order valence-corrected chi connectivity index (χ0v) is 17.7. The first kappa shape index (κ1) is 20.4. The molecule has 0 N–H and O–H groups in total. The number of rotatable bonds is 6. The highest BCUT2D eigenvalue weighted by Crippen LogP contribution is 2.34. The maximum absolute atomic E-state index is 15.3. The van der Waals surface area contributed by atoms with E-state index in [1.807, 2.05) is 11.8 Å². The molecule has 1 aliphatic carbocycles. The highest BCUT2D eigenvalue weighted by Gasteiger charge is 2.44. The molecular formula is C21H24FN9O. The van der Waals surface area contributed by atoms with Crippen LogP contribution in [0.15, 0.2) is 37.4 Å². The molecule has 4 heterocycles. The van der Waals surface area contributed by atoms with Gasteiger partial charge in [0.25, 0.3) is 5.91 Å². The van der Waals surface area contributed by atoms with Gasteiger partial charge in [-0.25, -0.2) is 34.0 Å². The number of piperidine rings is 1. The van der Waals surface area contributed by atoms with Crippen LogP contribution in [-0.2, 0) is 6.42 Å². The minimum absolute atomic E-state index is 0.0502. The molecule has 2 fully saturated rings. The van der Waals surface area contributed by atoms with Crippen LogP contribution < -0.4 is 4.90 Å². The molecule has 11 heteroatoms. The van der Waals surface area contributed by atoms with Crippen molar-refractivity contribution in [2.45, 2.75) is 50.9 Å². The number of carbonyl (C=O) groups is 1. The Morgan fingerprint density at radius 2 is 1.94 bits per heavy atom. The lowest BCUT2D eigenvalue weighted by atomic mass is 10.0. The van der Waals surface area contributed by atoms with Gasteiger partial charge >= 0.3 is 0 Å². The van der Waals surface area contributed by atoms with E-state index in [1.165, 1.54) is 29.7 Å². The minimum atomic E-state index is -1.20. The summed E-state index contributed by atoms with van der Waals surface area (Å²) < 4.78 is 16.8. The largest absolute Gasteiger partial charge is 0.338 e. The number of hydrogen-bond donors (Lipinski definition) is 0. The van der Waals surface area contributed by atoms with E-state index in [-0.39, 0.29) is 24.2 Å². The van der Waals surface area contributed by atoms with Crippen LogP contribution in [0.4, 0.5) is 10.3 Å². The number of aryl methyl sites for hydroxylation is 1. The fraction of sp³-hybridized carbons (Fsp3) is 0.476. The monoisotopic (exact) mass is 437 g/mol. The van der Waals surface area contributed by atoms with E-state index in [4.69, 9.17) is 0 Å². The second-order valence-corrected chi connectivity index (χ2v) is 8.11. The number of amides is 1. The summed E-state index contributed by atoms with van der Waals surface area (Å²) in [5.74, 6) is 0.708. The van der Waals surface area contributed by atoms with E-state index in [2.05, 4.69) is 30.0 Å². The number of hydrogen-bond acceptors (Lipinski definition) is 8. The Bertz CT molecular complexity index is 1050. The van der Waals surface area contributed by atoms with E-state index in [0.717, 1.165) is 24.8 Å². The van der Waals surface area contributed by atoms with Crippen molar-refractivity contribution in [3.05, 3.63) is 48.7 Å². The Kier molecular flexibility index (Phi) is 5.46. The van der Waals surface area contributed by atoms with Crippen molar-refractivity contribution in [3.63, 3.8) is 0 Å². The van der Waals surface area contributed by atoms with Gasteiger partial charge in [-0.1, -0.05) is 6.92 Å². The predicted molar refractivity (Wildman–Crippen MR) is 113 cm³/mol. The van der Waals surface area contributed by atoms with Crippen molar-refractivity contribution in [1.29, 1.82) is 0 Å². The first-order valence-corrected chi connectivity index (χ1v) is 10.8. The maximum atomic E-state index is 15.3. The van der Waals surface area contributed by atoms with Crippen LogP contribution in [0.2, 0.25) is 0 Å². The molecule has 1 amide bonds. The third-order valence-electron chi connectivity index (χ3n) is 5.93. The van der Waals surface area contributed by atoms with Gasteiger partial charge in [-0.05, 0) is 31.2 Å². The first-order valence-electron chi connectivity index (χ1n) is 10.8. The highest BCUT2D eigenvalue weighted by atomic mass is 19.1. The SMILES string of the molecule is CCc1cnc(N2CC[C@H](N(C(=O)c3cnc(-n4cncn4)cn3)C3CC3)[C@H](F)C2)nc1. The molecule has 3 aromatic heterocycles. The number of halogens is 1.